The molecule has 8 heteroatoms. The van der Waals surface area contributed by atoms with Gasteiger partial charge in [-0.15, -0.1) is 0 Å². The van der Waals surface area contributed by atoms with E-state index in [1.54, 1.807) is 48.5 Å². The van der Waals surface area contributed by atoms with E-state index in [9.17, 15) is 14.7 Å². The molecule has 1 saturated heterocycles. The standard InChI is InChI=1S/C26H19ClN2O4S/c1-2-33-18-12-13-19-20(14-18)34-26(28-19)29-22(15-8-10-17(27)11-9-15)21(24(31)25(29)32)23(30)16-6-4-3-5-7-16/h3-14,22,30H,2H2,1H3/b23-21+/t22-/m1/s1. The third kappa shape index (κ3) is 3.83. The Hall–Kier alpha value is -3.68. The molecule has 1 aliphatic heterocycles. The number of hydrogen-bond acceptors (Lipinski definition) is 6. The normalized spacial score (nSPS) is 17.5. The SMILES string of the molecule is CCOc1ccc2nc(N3C(=O)C(=O)/C(=C(/O)c4ccccc4)[C@H]3c3ccc(Cl)cc3)sc2c1. The van der Waals surface area contributed by atoms with Gasteiger partial charge in [0, 0.05) is 10.6 Å². The van der Waals surface area contributed by atoms with Crippen LogP contribution in [0.3, 0.4) is 0 Å². The lowest BCUT2D eigenvalue weighted by Gasteiger charge is -2.23. The average Bonchev–Trinajstić information content (AvgIpc) is 3.38. The lowest BCUT2D eigenvalue weighted by molar-refractivity contribution is -0.132. The topological polar surface area (TPSA) is 79.7 Å². The fourth-order valence-electron chi connectivity index (χ4n) is 3.99. The van der Waals surface area contributed by atoms with E-state index in [0.717, 1.165) is 4.70 Å². The molecule has 34 heavy (non-hydrogen) atoms. The van der Waals surface area contributed by atoms with Crippen molar-refractivity contribution in [3.63, 3.8) is 0 Å². The molecule has 4 aromatic rings. The van der Waals surface area contributed by atoms with Gasteiger partial charge in [0.25, 0.3) is 5.78 Å². The van der Waals surface area contributed by atoms with Crippen LogP contribution >= 0.6 is 22.9 Å². The van der Waals surface area contributed by atoms with Crippen molar-refractivity contribution < 1.29 is 19.4 Å². The predicted octanol–water partition coefficient (Wildman–Crippen LogP) is 5.97. The van der Waals surface area contributed by atoms with Gasteiger partial charge in [0.15, 0.2) is 5.13 Å². The smallest absolute Gasteiger partial charge is 0.301 e. The predicted molar refractivity (Wildman–Crippen MR) is 133 cm³/mol. The number of amides is 1. The van der Waals surface area contributed by atoms with E-state index < -0.39 is 17.7 Å². The maximum atomic E-state index is 13.3. The number of carbonyl (C=O) groups excluding carboxylic acids is 2. The molecule has 6 nitrogen and oxygen atoms in total. The number of halogens is 1. The number of nitrogens with zero attached hydrogens (tertiary/aromatic N) is 2. The van der Waals surface area contributed by atoms with E-state index in [1.165, 1.54) is 16.2 Å². The highest BCUT2D eigenvalue weighted by Crippen LogP contribution is 2.44. The van der Waals surface area contributed by atoms with Gasteiger partial charge in [-0.1, -0.05) is 65.4 Å². The first kappa shape index (κ1) is 22.1. The number of hydrogen-bond donors (Lipinski definition) is 1. The highest BCUT2D eigenvalue weighted by Gasteiger charge is 2.48. The maximum Gasteiger partial charge on any atom is 0.301 e. The third-order valence-electron chi connectivity index (χ3n) is 5.54. The van der Waals surface area contributed by atoms with E-state index >= 15 is 0 Å². The number of anilines is 1. The second kappa shape index (κ2) is 8.93. The Bertz CT molecular complexity index is 1430. The number of aromatic nitrogens is 1. The fraction of sp³-hybridized carbons (Fsp3) is 0.115. The second-order valence-electron chi connectivity index (χ2n) is 7.65. The van der Waals surface area contributed by atoms with Crippen LogP contribution in [0, 0.1) is 0 Å². The van der Waals surface area contributed by atoms with Crippen LogP contribution < -0.4 is 9.64 Å². The van der Waals surface area contributed by atoms with Crippen molar-refractivity contribution in [2.45, 2.75) is 13.0 Å². The summed E-state index contributed by atoms with van der Waals surface area (Å²) in [6.45, 7) is 2.43. The maximum absolute atomic E-state index is 13.3. The minimum Gasteiger partial charge on any atom is -0.507 e. The molecule has 0 unspecified atom stereocenters. The van der Waals surface area contributed by atoms with Gasteiger partial charge < -0.3 is 9.84 Å². The van der Waals surface area contributed by atoms with Gasteiger partial charge in [-0.25, -0.2) is 4.98 Å². The quantitative estimate of drug-likeness (QED) is 0.211. The number of aliphatic hydroxyl groups is 1. The zero-order valence-electron chi connectivity index (χ0n) is 18.1. The molecule has 1 amide bonds. The fourth-order valence-corrected chi connectivity index (χ4v) is 5.14. The number of carbonyl (C=O) groups is 2. The summed E-state index contributed by atoms with van der Waals surface area (Å²) in [4.78, 5) is 32.5. The van der Waals surface area contributed by atoms with E-state index in [4.69, 9.17) is 16.3 Å². The van der Waals surface area contributed by atoms with Crippen LogP contribution in [0.25, 0.3) is 16.0 Å². The van der Waals surface area contributed by atoms with Gasteiger partial charge >= 0.3 is 5.91 Å². The van der Waals surface area contributed by atoms with E-state index in [2.05, 4.69) is 4.98 Å². The molecule has 1 N–H and O–H groups in total. The minimum atomic E-state index is -0.857. The first-order valence-corrected chi connectivity index (χ1v) is 11.8. The van der Waals surface area contributed by atoms with E-state index in [1.807, 2.05) is 31.2 Å². The van der Waals surface area contributed by atoms with Crippen molar-refractivity contribution >= 4 is 55.7 Å². The zero-order valence-corrected chi connectivity index (χ0v) is 19.6. The van der Waals surface area contributed by atoms with Crippen LogP contribution in [0.1, 0.15) is 24.1 Å². The number of benzene rings is 3. The van der Waals surface area contributed by atoms with Crippen molar-refractivity contribution in [2.24, 2.45) is 0 Å². The lowest BCUT2D eigenvalue weighted by Crippen LogP contribution is -2.29. The number of Topliss-reactive ketones (excluding diaryl/α,β-unsaturated/α-hetero) is 1. The van der Waals surface area contributed by atoms with Crippen molar-refractivity contribution in [3.8, 4) is 5.75 Å². The molecular formula is C26H19ClN2O4S. The molecule has 0 bridgehead atoms. The second-order valence-corrected chi connectivity index (χ2v) is 9.09. The molecule has 3 aromatic carbocycles. The van der Waals surface area contributed by atoms with Crippen LogP contribution in [0.4, 0.5) is 5.13 Å². The molecule has 170 valence electrons. The monoisotopic (exact) mass is 490 g/mol. The number of fused-ring (bicyclic) bond motifs is 1. The first-order valence-electron chi connectivity index (χ1n) is 10.6. The molecule has 1 fully saturated rings. The number of ether oxygens (including phenoxy) is 1. The van der Waals surface area contributed by atoms with E-state index in [-0.39, 0.29) is 11.3 Å². The number of rotatable bonds is 5. The van der Waals surface area contributed by atoms with Gasteiger partial charge in [0.05, 0.1) is 28.4 Å². The largest absolute Gasteiger partial charge is 0.507 e. The third-order valence-corrected chi connectivity index (χ3v) is 6.81. The molecule has 0 saturated carbocycles. The molecular weight excluding hydrogens is 472 g/mol. The van der Waals surface area contributed by atoms with Crippen LogP contribution in [0.2, 0.25) is 5.02 Å². The van der Waals surface area contributed by atoms with Gasteiger partial charge in [-0.2, -0.15) is 0 Å². The molecule has 1 aromatic heterocycles. The van der Waals surface area contributed by atoms with Gasteiger partial charge in [-0.3, -0.25) is 14.5 Å². The number of thiazole rings is 1. The summed E-state index contributed by atoms with van der Waals surface area (Å²) in [5, 5.41) is 12.0. The summed E-state index contributed by atoms with van der Waals surface area (Å²) in [5.41, 5.74) is 1.77. The Labute approximate surface area is 204 Å². The number of ketones is 1. The van der Waals surface area contributed by atoms with Gasteiger partial charge in [-0.05, 0) is 42.8 Å². The zero-order chi connectivity index (χ0) is 23.8. The van der Waals surface area contributed by atoms with E-state index in [0.29, 0.717) is 39.2 Å². The summed E-state index contributed by atoms with van der Waals surface area (Å²) in [5.74, 6) is -1.05. The Morgan fingerprint density at radius 2 is 1.82 bits per heavy atom. The van der Waals surface area contributed by atoms with Crippen LogP contribution in [0.5, 0.6) is 5.75 Å². The van der Waals surface area contributed by atoms with Crippen molar-refractivity contribution in [2.75, 3.05) is 11.5 Å². The van der Waals surface area contributed by atoms with Crippen molar-refractivity contribution in [3.05, 3.63) is 94.5 Å². The molecule has 5 rings (SSSR count). The van der Waals surface area contributed by atoms with Crippen LogP contribution in [0.15, 0.2) is 78.4 Å². The van der Waals surface area contributed by atoms with Gasteiger partial charge in [0.2, 0.25) is 0 Å². The average molecular weight is 491 g/mol. The molecule has 1 atom stereocenters. The van der Waals surface area contributed by atoms with Crippen LogP contribution in [-0.2, 0) is 9.59 Å². The van der Waals surface area contributed by atoms with Crippen molar-refractivity contribution in [1.82, 2.24) is 4.98 Å². The summed E-state index contributed by atoms with van der Waals surface area (Å²) >= 11 is 7.37. The van der Waals surface area contributed by atoms with Crippen LogP contribution in [-0.4, -0.2) is 28.4 Å². The summed E-state index contributed by atoms with van der Waals surface area (Å²) in [6, 6.07) is 20.2. The Morgan fingerprint density at radius 1 is 1.09 bits per heavy atom. The Kier molecular flexibility index (Phi) is 5.81. The number of aliphatic hydroxyl groups excluding tert-OH is 1. The molecule has 1 aliphatic rings. The Morgan fingerprint density at radius 3 is 2.53 bits per heavy atom. The summed E-state index contributed by atoms with van der Waals surface area (Å²) < 4.78 is 6.40. The summed E-state index contributed by atoms with van der Waals surface area (Å²) in [6.07, 6.45) is 0. The van der Waals surface area contributed by atoms with Gasteiger partial charge in [0.1, 0.15) is 11.5 Å². The van der Waals surface area contributed by atoms with Crippen molar-refractivity contribution in [1.29, 1.82) is 0 Å². The Balaban J connectivity index is 1.69. The minimum absolute atomic E-state index is 0.00721. The molecule has 0 spiro atoms. The molecule has 2 heterocycles. The first-order chi connectivity index (χ1) is 16.5. The summed E-state index contributed by atoms with van der Waals surface area (Å²) in [7, 11) is 0. The highest BCUT2D eigenvalue weighted by atomic mass is 35.5. The highest BCUT2D eigenvalue weighted by molar-refractivity contribution is 7.22. The lowest BCUT2D eigenvalue weighted by atomic mass is 9.95. The molecule has 0 radical (unpaired) electrons. The molecule has 0 aliphatic carbocycles.